The van der Waals surface area contributed by atoms with E-state index in [2.05, 4.69) is 30.7 Å². The second-order valence-electron chi connectivity index (χ2n) is 4.69. The standard InChI is InChI=1S/C9H14.C3H5ClO2/c1-9(2)7-4-3-5-8(9)6-7;1-2-6-3(4)5/h3-4,7-8H,5-6H2,1-2H3;2H2,1H3. The minimum absolute atomic E-state index is 0.350. The Kier molecular flexibility index (Phi) is 4.21. The molecule has 1 fully saturated rings. The summed E-state index contributed by atoms with van der Waals surface area (Å²) >= 11 is 4.72. The molecule has 1 saturated carbocycles. The van der Waals surface area contributed by atoms with Gasteiger partial charge in [0.05, 0.1) is 6.61 Å². The Labute approximate surface area is 96.6 Å². The van der Waals surface area contributed by atoms with Crippen LogP contribution in [0.4, 0.5) is 4.79 Å². The van der Waals surface area contributed by atoms with Crippen LogP contribution in [0.2, 0.25) is 0 Å². The highest BCUT2D eigenvalue weighted by Crippen LogP contribution is 2.56. The molecular formula is C12H19ClO2. The number of halogens is 1. The first-order chi connectivity index (χ1) is 6.98. The smallest absolute Gasteiger partial charge is 0.403 e. The molecule has 86 valence electrons. The number of rotatable bonds is 1. The molecule has 0 aromatic rings. The minimum atomic E-state index is -0.738. The van der Waals surface area contributed by atoms with E-state index in [0.29, 0.717) is 12.0 Å². The van der Waals surface area contributed by atoms with Gasteiger partial charge >= 0.3 is 5.43 Å². The van der Waals surface area contributed by atoms with Crippen LogP contribution in [-0.2, 0) is 4.74 Å². The van der Waals surface area contributed by atoms with Gasteiger partial charge in [-0.05, 0) is 37.0 Å². The summed E-state index contributed by atoms with van der Waals surface area (Å²) in [5, 5.41) is 0. The molecular weight excluding hydrogens is 212 g/mol. The molecule has 0 saturated heterocycles. The molecule has 2 nitrogen and oxygen atoms in total. The van der Waals surface area contributed by atoms with E-state index < -0.39 is 5.43 Å². The van der Waals surface area contributed by atoms with Crippen molar-refractivity contribution in [2.75, 3.05) is 6.61 Å². The fraction of sp³-hybridized carbons (Fsp3) is 0.750. The molecule has 0 aromatic carbocycles. The van der Waals surface area contributed by atoms with Crippen LogP contribution in [-0.4, -0.2) is 12.0 Å². The molecule has 2 atom stereocenters. The Hall–Kier alpha value is -0.500. The maximum Gasteiger partial charge on any atom is 0.403 e. The number of carbonyl (C=O) groups is 1. The first-order valence-corrected chi connectivity index (χ1v) is 5.85. The van der Waals surface area contributed by atoms with Gasteiger partial charge in [-0.25, -0.2) is 4.79 Å². The van der Waals surface area contributed by atoms with Crippen LogP contribution in [0, 0.1) is 17.3 Å². The number of ether oxygens (including phenoxy) is 1. The highest BCUT2D eigenvalue weighted by Gasteiger charge is 2.47. The normalized spacial score (nSPS) is 29.6. The minimum Gasteiger partial charge on any atom is -0.454 e. The van der Waals surface area contributed by atoms with Crippen molar-refractivity contribution in [2.45, 2.75) is 33.6 Å². The SMILES string of the molecule is CC1(C)C2C=CCC1C2.CCOC(=O)Cl. The molecule has 0 aromatic heterocycles. The molecule has 0 heterocycles. The molecule has 0 amide bonds. The van der Waals surface area contributed by atoms with Crippen molar-refractivity contribution >= 4 is 17.0 Å². The van der Waals surface area contributed by atoms with Crippen LogP contribution in [0.25, 0.3) is 0 Å². The molecule has 2 bridgehead atoms. The van der Waals surface area contributed by atoms with E-state index in [1.165, 1.54) is 12.8 Å². The van der Waals surface area contributed by atoms with Crippen LogP contribution in [0.1, 0.15) is 33.6 Å². The molecule has 3 aliphatic rings. The number of fused-ring (bicyclic) bond motifs is 1. The van der Waals surface area contributed by atoms with Crippen molar-refractivity contribution in [1.29, 1.82) is 0 Å². The van der Waals surface area contributed by atoms with Gasteiger partial charge in [0.2, 0.25) is 0 Å². The Bertz CT molecular complexity index is 258. The van der Waals surface area contributed by atoms with Crippen LogP contribution in [0.3, 0.4) is 0 Å². The zero-order valence-electron chi connectivity index (χ0n) is 9.63. The van der Waals surface area contributed by atoms with Gasteiger partial charge in [-0.2, -0.15) is 0 Å². The summed E-state index contributed by atoms with van der Waals surface area (Å²) in [6, 6.07) is 0. The van der Waals surface area contributed by atoms with Gasteiger partial charge in [-0.1, -0.05) is 26.0 Å². The van der Waals surface area contributed by atoms with Crippen molar-refractivity contribution in [1.82, 2.24) is 0 Å². The Morgan fingerprint density at radius 1 is 1.60 bits per heavy atom. The quantitative estimate of drug-likeness (QED) is 0.503. The number of carbonyl (C=O) groups excluding carboxylic acids is 1. The zero-order valence-corrected chi connectivity index (χ0v) is 10.4. The third-order valence-corrected chi connectivity index (χ3v) is 3.70. The van der Waals surface area contributed by atoms with Gasteiger partial charge in [0.25, 0.3) is 0 Å². The average Bonchev–Trinajstić information content (AvgIpc) is 2.19. The average molecular weight is 231 g/mol. The van der Waals surface area contributed by atoms with Gasteiger partial charge in [-0.3, -0.25) is 0 Å². The number of hydrogen-bond acceptors (Lipinski definition) is 2. The zero-order chi connectivity index (χ0) is 11.5. The van der Waals surface area contributed by atoms with Gasteiger partial charge in [0.1, 0.15) is 0 Å². The third kappa shape index (κ3) is 2.97. The Morgan fingerprint density at radius 2 is 2.27 bits per heavy atom. The summed E-state index contributed by atoms with van der Waals surface area (Å²) in [6.45, 7) is 6.84. The second-order valence-corrected chi connectivity index (χ2v) is 5.00. The Morgan fingerprint density at radius 3 is 2.40 bits per heavy atom. The summed E-state index contributed by atoms with van der Waals surface area (Å²) in [5.74, 6) is 1.92. The lowest BCUT2D eigenvalue weighted by Gasteiger charge is -2.53. The lowest BCUT2D eigenvalue weighted by Crippen LogP contribution is -2.45. The maximum atomic E-state index is 9.59. The van der Waals surface area contributed by atoms with Crippen LogP contribution in [0.5, 0.6) is 0 Å². The highest BCUT2D eigenvalue weighted by atomic mass is 35.5. The summed E-state index contributed by atoms with van der Waals surface area (Å²) in [4.78, 5) is 9.59. The molecule has 3 aliphatic carbocycles. The molecule has 0 radical (unpaired) electrons. The van der Waals surface area contributed by atoms with Gasteiger partial charge < -0.3 is 4.74 Å². The molecule has 2 unspecified atom stereocenters. The summed E-state index contributed by atoms with van der Waals surface area (Å²) in [7, 11) is 0. The van der Waals surface area contributed by atoms with Crippen molar-refractivity contribution < 1.29 is 9.53 Å². The number of allylic oxidation sites excluding steroid dienone is 2. The van der Waals surface area contributed by atoms with Crippen LogP contribution < -0.4 is 0 Å². The highest BCUT2D eigenvalue weighted by molar-refractivity contribution is 6.61. The molecule has 0 N–H and O–H groups in total. The molecule has 0 aliphatic heterocycles. The van der Waals surface area contributed by atoms with Crippen LogP contribution in [0.15, 0.2) is 12.2 Å². The van der Waals surface area contributed by atoms with Crippen molar-refractivity contribution in [3.05, 3.63) is 12.2 Å². The first-order valence-electron chi connectivity index (χ1n) is 5.47. The van der Waals surface area contributed by atoms with E-state index in [-0.39, 0.29) is 0 Å². The predicted octanol–water partition coefficient (Wildman–Crippen LogP) is 3.99. The van der Waals surface area contributed by atoms with Crippen LogP contribution >= 0.6 is 11.6 Å². The lowest BCUT2D eigenvalue weighted by atomic mass is 9.51. The predicted molar refractivity (Wildman–Crippen MR) is 62.0 cm³/mol. The van der Waals surface area contributed by atoms with Crippen molar-refractivity contribution in [3.8, 4) is 0 Å². The summed E-state index contributed by atoms with van der Waals surface area (Å²) in [6.07, 6.45) is 7.55. The first kappa shape index (κ1) is 12.6. The van der Waals surface area contributed by atoms with E-state index in [0.717, 1.165) is 11.8 Å². The van der Waals surface area contributed by atoms with Gasteiger partial charge in [0.15, 0.2) is 0 Å². The van der Waals surface area contributed by atoms with E-state index in [1.807, 2.05) is 0 Å². The fourth-order valence-electron chi connectivity index (χ4n) is 2.30. The second kappa shape index (κ2) is 5.02. The molecule has 3 rings (SSSR count). The van der Waals surface area contributed by atoms with Crippen molar-refractivity contribution in [2.24, 2.45) is 17.3 Å². The lowest BCUT2D eigenvalue weighted by molar-refractivity contribution is 0.00320. The summed E-state index contributed by atoms with van der Waals surface area (Å²) in [5.41, 5.74) is -0.0909. The maximum absolute atomic E-state index is 9.59. The summed E-state index contributed by atoms with van der Waals surface area (Å²) < 4.78 is 4.17. The molecule has 0 spiro atoms. The Balaban J connectivity index is 0.000000167. The fourth-order valence-corrected chi connectivity index (χ4v) is 2.41. The topological polar surface area (TPSA) is 26.3 Å². The largest absolute Gasteiger partial charge is 0.454 e. The molecule has 15 heavy (non-hydrogen) atoms. The van der Waals surface area contributed by atoms with Gasteiger partial charge in [-0.15, -0.1) is 0 Å². The van der Waals surface area contributed by atoms with E-state index in [4.69, 9.17) is 11.6 Å². The number of hydrogen-bond donors (Lipinski definition) is 0. The van der Waals surface area contributed by atoms with Crippen molar-refractivity contribution in [3.63, 3.8) is 0 Å². The third-order valence-electron chi connectivity index (χ3n) is 3.59. The monoisotopic (exact) mass is 230 g/mol. The van der Waals surface area contributed by atoms with E-state index >= 15 is 0 Å². The van der Waals surface area contributed by atoms with E-state index in [9.17, 15) is 4.79 Å². The molecule has 3 heteroatoms. The van der Waals surface area contributed by atoms with Gasteiger partial charge in [0, 0.05) is 11.6 Å². The van der Waals surface area contributed by atoms with E-state index in [1.54, 1.807) is 6.92 Å².